The number of piperidine rings is 7. The normalized spacial score (nSPS) is 23.2. The van der Waals surface area contributed by atoms with E-state index in [2.05, 4.69) is 77.7 Å². The van der Waals surface area contributed by atoms with E-state index in [4.69, 9.17) is 10.5 Å². The Labute approximate surface area is 436 Å². The first-order valence-electron chi connectivity index (χ1n) is 26.4. The minimum atomic E-state index is -0.271. The zero-order valence-electron chi connectivity index (χ0n) is 44.3. The molecule has 0 aliphatic carbocycles. The molecule has 3 unspecified atom stereocenters. The second kappa shape index (κ2) is 45.0. The maximum absolute atomic E-state index is 11.2. The second-order valence-electron chi connectivity index (χ2n) is 21.1. The molecule has 7 fully saturated rings. The topological polar surface area (TPSA) is 135 Å². The smallest absolute Gasteiger partial charge is 0.409 e. The molecule has 7 aliphatic heterocycles. The van der Waals surface area contributed by atoms with E-state index in [0.29, 0.717) is 18.6 Å². The molecule has 70 heavy (non-hydrogen) atoms. The van der Waals surface area contributed by atoms with Crippen LogP contribution in [-0.2, 0) is 14.3 Å². The number of nitrogens with zero attached hydrogens (tertiary/aromatic N) is 6. The summed E-state index contributed by atoms with van der Waals surface area (Å²) in [4.78, 5) is 55.8. The highest BCUT2D eigenvalue weighted by molar-refractivity contribution is 5.74. The van der Waals surface area contributed by atoms with Gasteiger partial charge < -0.3 is 45.2 Å². The Balaban J connectivity index is -0.000000233. The van der Waals surface area contributed by atoms with Crippen molar-refractivity contribution in [3.63, 3.8) is 0 Å². The molecule has 7 rings (SSSR count). The Morgan fingerprint density at radius 3 is 1.23 bits per heavy atom. The van der Waals surface area contributed by atoms with Gasteiger partial charge in [-0.1, -0.05) is 78.7 Å². The Kier molecular flexibility index (Phi) is 49.0. The molecule has 0 aromatic carbocycles. The van der Waals surface area contributed by atoms with Gasteiger partial charge in [-0.15, -0.1) is 0 Å². The summed E-state index contributed by atoms with van der Waals surface area (Å²) in [6, 6.07) is 0.207. The number of ether oxygens (including phenoxy) is 1. The highest BCUT2D eigenvalue weighted by Gasteiger charge is 2.22. The summed E-state index contributed by atoms with van der Waals surface area (Å²) in [5.41, 5.74) is 5.10. The quantitative estimate of drug-likeness (QED) is 0.265. The first-order chi connectivity index (χ1) is 30.8. The van der Waals surface area contributed by atoms with Crippen molar-refractivity contribution in [3.05, 3.63) is 0 Å². The number of nitrogens with two attached hydrogens (primary N) is 1. The number of carbonyl (C=O) groups excluding carboxylic acids is 4. The Bertz CT molecular complexity index is 1230. The SMILES string of the molecule is C.C.C.C.C.CC(=O)N1CCCC(C)C1.CC(=O)N1CCCCC1C.CC1CCCN(C)C1.CC1CCN(C(N)=O)CC1.CC1CCN(C)CC1.CC1CCNCC1.CCOC(=O)N1CCC(C)CC1. The summed E-state index contributed by atoms with van der Waals surface area (Å²) in [6.07, 6.45) is 18.8. The van der Waals surface area contributed by atoms with Crippen LogP contribution in [0.3, 0.4) is 0 Å². The summed E-state index contributed by atoms with van der Waals surface area (Å²) in [7, 11) is 4.40. The van der Waals surface area contributed by atoms with Gasteiger partial charge in [0.15, 0.2) is 0 Å². The van der Waals surface area contributed by atoms with E-state index in [0.717, 1.165) is 101 Å². The largest absolute Gasteiger partial charge is 0.450 e. The minimum Gasteiger partial charge on any atom is -0.450 e. The van der Waals surface area contributed by atoms with Crippen molar-refractivity contribution in [2.75, 3.05) is 106 Å². The van der Waals surface area contributed by atoms with Crippen LogP contribution in [0.5, 0.6) is 0 Å². The van der Waals surface area contributed by atoms with Gasteiger partial charge in [0.05, 0.1) is 6.61 Å². The molecule has 0 aromatic heterocycles. The van der Waals surface area contributed by atoms with Crippen molar-refractivity contribution in [2.45, 2.75) is 209 Å². The third-order valence-electron chi connectivity index (χ3n) is 14.2. The molecule has 422 valence electrons. The molecule has 0 radical (unpaired) electrons. The number of hydrogen-bond donors (Lipinski definition) is 2. The van der Waals surface area contributed by atoms with Gasteiger partial charge in [0.25, 0.3) is 0 Å². The standard InChI is InChI=1S/C9H17NO2.2C8H15NO.C7H14N2O.2C7H15N.C6H13N.5CH4/c1-3-12-9(11)10-6-4-8(2)5-7-10;1-7-4-3-5-9(6-7)8(2)10;1-7-5-3-4-6-9(7)8(2)10;1-6-2-4-9(5-3-6)7(8)10;1-7-3-5-8(2)6-4-7;1-7-4-3-5-8(2)6-7;1-6-2-4-7-5-3-6;;;;;/h8H,3-7H2,1-2H3;2*7H,3-6H2,1-2H3;6H,2-5H2,1H3,(H2,8,10);2*7H,3-6H2,1-2H3;6-7H,2-5H2,1H3;5*1H4. The number of hydrogen-bond acceptors (Lipinski definition) is 8. The number of carbonyl (C=O) groups is 4. The number of nitrogens with one attached hydrogen (secondary N) is 1. The van der Waals surface area contributed by atoms with Gasteiger partial charge in [-0.25, -0.2) is 9.59 Å². The highest BCUT2D eigenvalue weighted by atomic mass is 16.6. The van der Waals surface area contributed by atoms with Crippen molar-refractivity contribution in [1.29, 1.82) is 0 Å². The molecule has 0 saturated carbocycles. The van der Waals surface area contributed by atoms with Gasteiger partial charge in [0.1, 0.15) is 0 Å². The van der Waals surface area contributed by atoms with E-state index < -0.39 is 0 Å². The van der Waals surface area contributed by atoms with Crippen molar-refractivity contribution in [2.24, 2.45) is 41.2 Å². The third-order valence-corrected chi connectivity index (χ3v) is 14.2. The van der Waals surface area contributed by atoms with E-state index in [1.807, 2.05) is 16.7 Å². The number of primary amides is 1. The van der Waals surface area contributed by atoms with E-state index in [9.17, 15) is 19.2 Å². The van der Waals surface area contributed by atoms with Crippen LogP contribution in [0.15, 0.2) is 0 Å². The predicted molar refractivity (Wildman–Crippen MR) is 305 cm³/mol. The highest BCUT2D eigenvalue weighted by Crippen LogP contribution is 2.19. The number of amides is 5. The second-order valence-corrected chi connectivity index (χ2v) is 21.1. The van der Waals surface area contributed by atoms with E-state index in [1.165, 1.54) is 110 Å². The van der Waals surface area contributed by atoms with Gasteiger partial charge in [-0.05, 0) is 192 Å². The molecule has 0 aromatic rings. The molecule has 13 nitrogen and oxygen atoms in total. The molecule has 3 N–H and O–H groups in total. The summed E-state index contributed by atoms with van der Waals surface area (Å²) in [6.45, 7) is 35.4. The zero-order chi connectivity index (χ0) is 48.7. The lowest BCUT2D eigenvalue weighted by molar-refractivity contribution is -0.132. The average molecular weight is 1000 g/mol. The Hall–Kier alpha value is -2.64. The Morgan fingerprint density at radius 1 is 0.471 bits per heavy atom. The van der Waals surface area contributed by atoms with Gasteiger partial charge in [0.2, 0.25) is 11.8 Å². The first kappa shape index (κ1) is 76.3. The lowest BCUT2D eigenvalue weighted by atomic mass is 10.00. The molecule has 7 heterocycles. The molecule has 7 aliphatic rings. The summed E-state index contributed by atoms with van der Waals surface area (Å²) in [5.74, 6) is 5.57. The number of urea groups is 1. The van der Waals surface area contributed by atoms with Crippen LogP contribution < -0.4 is 11.1 Å². The lowest BCUT2D eigenvalue weighted by Gasteiger charge is -2.32. The van der Waals surface area contributed by atoms with E-state index >= 15 is 0 Å². The van der Waals surface area contributed by atoms with Crippen LogP contribution in [0.1, 0.15) is 203 Å². The molecular weight excluding hydrogens is 877 g/mol. The third kappa shape index (κ3) is 37.2. The average Bonchev–Trinajstić information content (AvgIpc) is 3.27. The summed E-state index contributed by atoms with van der Waals surface area (Å²) in [5, 5.41) is 3.32. The molecular formula is C57H124N8O5. The predicted octanol–water partition coefficient (Wildman–Crippen LogP) is 12.2. The molecule has 5 amide bonds. The van der Waals surface area contributed by atoms with Gasteiger partial charge in [0, 0.05) is 72.2 Å². The van der Waals surface area contributed by atoms with Crippen LogP contribution >= 0.6 is 0 Å². The first-order valence-corrected chi connectivity index (χ1v) is 26.4. The van der Waals surface area contributed by atoms with Gasteiger partial charge in [-0.2, -0.15) is 0 Å². The lowest BCUT2D eigenvalue weighted by Crippen LogP contribution is -2.41. The van der Waals surface area contributed by atoms with Crippen LogP contribution in [-0.4, -0.2) is 165 Å². The van der Waals surface area contributed by atoms with Crippen LogP contribution in [0.2, 0.25) is 0 Å². The summed E-state index contributed by atoms with van der Waals surface area (Å²) >= 11 is 0. The van der Waals surface area contributed by atoms with Gasteiger partial charge >= 0.3 is 12.1 Å². The molecule has 7 saturated heterocycles. The minimum absolute atomic E-state index is 0. The molecule has 0 bridgehead atoms. The van der Waals surface area contributed by atoms with Crippen LogP contribution in [0.4, 0.5) is 9.59 Å². The van der Waals surface area contributed by atoms with Crippen molar-refractivity contribution >= 4 is 23.9 Å². The maximum atomic E-state index is 11.2. The zero-order valence-corrected chi connectivity index (χ0v) is 44.3. The van der Waals surface area contributed by atoms with Crippen LogP contribution in [0.25, 0.3) is 0 Å². The molecule has 3 atom stereocenters. The fraction of sp³-hybridized carbons (Fsp3) is 0.930. The monoisotopic (exact) mass is 1000 g/mol. The fourth-order valence-corrected chi connectivity index (χ4v) is 9.20. The fourth-order valence-electron chi connectivity index (χ4n) is 9.20. The summed E-state index contributed by atoms with van der Waals surface area (Å²) < 4.78 is 4.90. The van der Waals surface area contributed by atoms with Gasteiger partial charge in [-0.3, -0.25) is 9.59 Å². The number of likely N-dealkylation sites (tertiary alicyclic amines) is 6. The maximum Gasteiger partial charge on any atom is 0.409 e. The van der Waals surface area contributed by atoms with Crippen molar-refractivity contribution < 1.29 is 23.9 Å². The molecule has 13 heteroatoms. The van der Waals surface area contributed by atoms with Crippen molar-refractivity contribution in [1.82, 2.24) is 34.7 Å². The van der Waals surface area contributed by atoms with Crippen LogP contribution in [0, 0.1) is 35.5 Å². The molecule has 0 spiro atoms. The van der Waals surface area contributed by atoms with E-state index in [1.54, 1.807) is 23.6 Å². The van der Waals surface area contributed by atoms with Crippen molar-refractivity contribution in [3.8, 4) is 0 Å². The number of rotatable bonds is 1. The Morgan fingerprint density at radius 2 is 0.914 bits per heavy atom. The van der Waals surface area contributed by atoms with E-state index in [-0.39, 0.29) is 61.1 Å².